The number of rotatable bonds is 14. The Bertz CT molecular complexity index is 342. The molecule has 0 spiro atoms. The summed E-state index contributed by atoms with van der Waals surface area (Å²) in [7, 11) is -4.32. The predicted octanol–water partition coefficient (Wildman–Crippen LogP) is 3.44. The van der Waals surface area contributed by atoms with Crippen LogP contribution >= 0.6 is 12.0 Å². The summed E-state index contributed by atoms with van der Waals surface area (Å²) in [6.07, 6.45) is 9.51. The maximum absolute atomic E-state index is 10.3. The molecule has 120 valence electrons. The molecule has 2 N–H and O–H groups in total. The normalized spacial score (nSPS) is 11.7. The van der Waals surface area contributed by atoms with Gasteiger partial charge in [0.05, 0.1) is 0 Å². The predicted molar refractivity (Wildman–Crippen MR) is 78.9 cm³/mol. The Kier molecular flexibility index (Phi) is 12.2. The highest BCUT2D eigenvalue weighted by atomic mass is 32.3. The van der Waals surface area contributed by atoms with Crippen molar-refractivity contribution in [3.63, 3.8) is 0 Å². The Morgan fingerprint density at radius 2 is 1.35 bits per heavy atom. The van der Waals surface area contributed by atoms with E-state index in [2.05, 4.69) is 3.63 Å². The van der Waals surface area contributed by atoms with Crippen LogP contribution in [0, 0.1) is 0 Å². The first-order valence-electron chi connectivity index (χ1n) is 6.92. The molecule has 0 aromatic heterocycles. The molecule has 0 aromatic rings. The van der Waals surface area contributed by atoms with Crippen LogP contribution in [0.25, 0.3) is 0 Å². The lowest BCUT2D eigenvalue weighted by Gasteiger charge is -2.02. The second kappa shape index (κ2) is 12.4. The van der Waals surface area contributed by atoms with E-state index >= 15 is 0 Å². The van der Waals surface area contributed by atoms with Gasteiger partial charge in [-0.1, -0.05) is 44.9 Å². The van der Waals surface area contributed by atoms with Crippen molar-refractivity contribution in [3.8, 4) is 0 Å². The van der Waals surface area contributed by atoms with Gasteiger partial charge in [-0.15, -0.1) is 0 Å². The molecular weight excluding hydrogens is 304 g/mol. The average Bonchev–Trinajstić information content (AvgIpc) is 2.33. The Morgan fingerprint density at radius 1 is 0.900 bits per heavy atom. The third kappa shape index (κ3) is 17.7. The summed E-state index contributed by atoms with van der Waals surface area (Å²) in [4.78, 5) is 10.3. The highest BCUT2D eigenvalue weighted by molar-refractivity contribution is 8.02. The number of hydrogen-bond donors (Lipinski definition) is 2. The first kappa shape index (κ1) is 19.7. The van der Waals surface area contributed by atoms with E-state index in [1.807, 2.05) is 0 Å². The topological polar surface area (TPSA) is 101 Å². The largest absolute Gasteiger partial charge is 0.481 e. The van der Waals surface area contributed by atoms with Gasteiger partial charge in [0.1, 0.15) is 0 Å². The fraction of sp³-hybridized carbons (Fsp3) is 0.917. The van der Waals surface area contributed by atoms with Gasteiger partial charge in [0, 0.05) is 24.2 Å². The molecule has 6 nitrogen and oxygen atoms in total. The van der Waals surface area contributed by atoms with E-state index in [0.29, 0.717) is 5.75 Å². The third-order valence-electron chi connectivity index (χ3n) is 2.75. The lowest BCUT2D eigenvalue weighted by molar-refractivity contribution is -0.137. The van der Waals surface area contributed by atoms with Gasteiger partial charge in [-0.05, 0) is 12.8 Å². The molecule has 0 amide bonds. The molecule has 0 heterocycles. The monoisotopic (exact) mass is 328 g/mol. The Morgan fingerprint density at radius 3 is 1.80 bits per heavy atom. The summed E-state index contributed by atoms with van der Waals surface area (Å²) in [6, 6.07) is 0. The quantitative estimate of drug-likeness (QED) is 0.286. The van der Waals surface area contributed by atoms with Crippen LogP contribution in [-0.2, 0) is 18.8 Å². The molecule has 0 rings (SSSR count). The molecule has 0 radical (unpaired) electrons. The van der Waals surface area contributed by atoms with Gasteiger partial charge >= 0.3 is 16.4 Å². The summed E-state index contributed by atoms with van der Waals surface area (Å²) < 4.78 is 32.9. The molecule has 0 bridgehead atoms. The number of hydrogen-bond acceptors (Lipinski definition) is 5. The fourth-order valence-electron chi connectivity index (χ4n) is 1.77. The molecular formula is C12H24O6S2. The molecule has 0 saturated heterocycles. The number of carboxylic acids is 1. The van der Waals surface area contributed by atoms with Crippen molar-refractivity contribution < 1.29 is 26.5 Å². The van der Waals surface area contributed by atoms with Crippen LogP contribution in [0.1, 0.15) is 64.2 Å². The molecule has 0 fully saturated rings. The minimum Gasteiger partial charge on any atom is -0.481 e. The minimum atomic E-state index is -4.32. The Labute approximate surface area is 125 Å². The minimum absolute atomic E-state index is 0.267. The first-order chi connectivity index (χ1) is 9.42. The zero-order valence-corrected chi connectivity index (χ0v) is 13.3. The maximum atomic E-state index is 10.3. The first-order valence-corrected chi connectivity index (χ1v) is 9.20. The zero-order valence-electron chi connectivity index (χ0n) is 11.6. The van der Waals surface area contributed by atoms with E-state index in [1.165, 1.54) is 0 Å². The van der Waals surface area contributed by atoms with Crippen molar-refractivity contribution in [3.05, 3.63) is 0 Å². The summed E-state index contributed by atoms with van der Waals surface area (Å²) in [5, 5.41) is 8.46. The van der Waals surface area contributed by atoms with Gasteiger partial charge in [0.15, 0.2) is 0 Å². The third-order valence-corrected chi connectivity index (χ3v) is 4.28. The number of unbranched alkanes of at least 4 members (excludes halogenated alkanes) is 8. The van der Waals surface area contributed by atoms with Crippen molar-refractivity contribution >= 4 is 28.4 Å². The lowest BCUT2D eigenvalue weighted by Crippen LogP contribution is -1.97. The lowest BCUT2D eigenvalue weighted by atomic mass is 10.1. The number of aliphatic carboxylic acids is 1. The van der Waals surface area contributed by atoms with Crippen molar-refractivity contribution in [2.75, 3.05) is 5.75 Å². The van der Waals surface area contributed by atoms with Crippen molar-refractivity contribution in [1.82, 2.24) is 0 Å². The molecule has 0 saturated carbocycles. The molecule has 0 atom stereocenters. The van der Waals surface area contributed by atoms with Crippen LogP contribution in [0.15, 0.2) is 0 Å². The van der Waals surface area contributed by atoms with Gasteiger partial charge in [-0.25, -0.2) is 0 Å². The van der Waals surface area contributed by atoms with E-state index in [9.17, 15) is 13.2 Å². The number of carboxylic acid groups (broad SMARTS) is 1. The van der Waals surface area contributed by atoms with E-state index in [-0.39, 0.29) is 6.42 Å². The Balaban J connectivity index is 3.08. The molecule has 0 aliphatic carbocycles. The second-order valence-electron chi connectivity index (χ2n) is 4.64. The van der Waals surface area contributed by atoms with Crippen LogP contribution in [0.5, 0.6) is 0 Å². The van der Waals surface area contributed by atoms with E-state index in [1.54, 1.807) is 0 Å². The van der Waals surface area contributed by atoms with Gasteiger partial charge in [0.2, 0.25) is 0 Å². The second-order valence-corrected chi connectivity index (χ2v) is 6.69. The SMILES string of the molecule is O=C(O)CCCCCCCCCCCSOS(=O)(=O)O. The Hall–Kier alpha value is -0.310. The molecule has 0 unspecified atom stereocenters. The summed E-state index contributed by atoms with van der Waals surface area (Å²) in [5.41, 5.74) is 0. The van der Waals surface area contributed by atoms with Crippen molar-refractivity contribution in [1.29, 1.82) is 0 Å². The van der Waals surface area contributed by atoms with Gasteiger partial charge < -0.3 is 5.11 Å². The van der Waals surface area contributed by atoms with Crippen molar-refractivity contribution in [2.45, 2.75) is 64.2 Å². The molecule has 8 heteroatoms. The van der Waals surface area contributed by atoms with Crippen LogP contribution in [0.2, 0.25) is 0 Å². The van der Waals surface area contributed by atoms with Gasteiger partial charge in [-0.3, -0.25) is 9.35 Å². The van der Waals surface area contributed by atoms with E-state index < -0.39 is 16.4 Å². The standard InChI is InChI=1S/C12H24O6S2/c13-12(14)10-8-6-4-2-1-3-5-7-9-11-19-18-20(15,16)17/h1-11H2,(H,13,14)(H,15,16,17). The van der Waals surface area contributed by atoms with Crippen LogP contribution in [0.3, 0.4) is 0 Å². The molecule has 20 heavy (non-hydrogen) atoms. The fourth-order valence-corrected chi connectivity index (χ4v) is 2.85. The van der Waals surface area contributed by atoms with Crippen LogP contribution < -0.4 is 0 Å². The van der Waals surface area contributed by atoms with Gasteiger partial charge in [-0.2, -0.15) is 12.0 Å². The molecule has 0 aliphatic rings. The average molecular weight is 328 g/mol. The molecule has 0 aliphatic heterocycles. The van der Waals surface area contributed by atoms with Crippen LogP contribution in [-0.4, -0.2) is 29.8 Å². The highest BCUT2D eigenvalue weighted by Gasteiger charge is 2.04. The van der Waals surface area contributed by atoms with Crippen LogP contribution in [0.4, 0.5) is 0 Å². The summed E-state index contributed by atoms with van der Waals surface area (Å²) in [6.45, 7) is 0. The summed E-state index contributed by atoms with van der Waals surface area (Å²) >= 11 is 0.754. The smallest absolute Gasteiger partial charge is 0.408 e. The van der Waals surface area contributed by atoms with Crippen molar-refractivity contribution in [2.24, 2.45) is 0 Å². The van der Waals surface area contributed by atoms with E-state index in [4.69, 9.17) is 9.66 Å². The summed E-state index contributed by atoms with van der Waals surface area (Å²) in [5.74, 6) is -0.171. The van der Waals surface area contributed by atoms with Gasteiger partial charge in [0.25, 0.3) is 0 Å². The zero-order chi connectivity index (χ0) is 15.3. The highest BCUT2D eigenvalue weighted by Crippen LogP contribution is 2.13. The maximum Gasteiger partial charge on any atom is 0.408 e. The van der Waals surface area contributed by atoms with E-state index in [0.717, 1.165) is 69.8 Å². The number of carbonyl (C=O) groups is 1. The molecule has 0 aromatic carbocycles.